The number of alkyl halides is 3. The van der Waals surface area contributed by atoms with Crippen LogP contribution in [-0.2, 0) is 17.6 Å². The van der Waals surface area contributed by atoms with Gasteiger partial charge in [-0.3, -0.25) is 4.57 Å². The summed E-state index contributed by atoms with van der Waals surface area (Å²) in [5, 5.41) is 9.36. The fourth-order valence-electron chi connectivity index (χ4n) is 1.98. The molecule has 9 heteroatoms. The number of halogens is 5. The molecule has 0 spiro atoms. The molecule has 23 heavy (non-hydrogen) atoms. The van der Waals surface area contributed by atoms with Crippen molar-refractivity contribution in [1.29, 1.82) is 5.26 Å². The van der Waals surface area contributed by atoms with Crippen molar-refractivity contribution in [3.8, 4) is 17.3 Å². The number of hydrogen-bond acceptors (Lipinski definition) is 3. The van der Waals surface area contributed by atoms with Crippen LogP contribution < -0.4 is 0 Å². The Morgan fingerprint density at radius 1 is 1.30 bits per heavy atom. The van der Waals surface area contributed by atoms with Crippen LogP contribution >= 0.6 is 23.2 Å². The average Bonchev–Trinajstić information content (AvgIpc) is 2.86. The SMILES string of the molecule is CCOCn1c(C#N)nc(-c2ccc(Cl)c(Cl)c2)c1C(F)(F)F. The van der Waals surface area contributed by atoms with E-state index in [1.165, 1.54) is 18.2 Å². The minimum atomic E-state index is -4.72. The highest BCUT2D eigenvalue weighted by Gasteiger charge is 2.40. The number of hydrogen-bond donors (Lipinski definition) is 0. The van der Waals surface area contributed by atoms with E-state index >= 15 is 0 Å². The highest BCUT2D eigenvalue weighted by atomic mass is 35.5. The van der Waals surface area contributed by atoms with Crippen molar-refractivity contribution < 1.29 is 17.9 Å². The predicted molar refractivity (Wildman–Crippen MR) is 79.0 cm³/mol. The molecule has 2 aromatic rings. The molecule has 0 saturated carbocycles. The molecule has 1 aromatic heterocycles. The Morgan fingerprint density at radius 2 is 2.00 bits per heavy atom. The molecule has 0 N–H and O–H groups in total. The summed E-state index contributed by atoms with van der Waals surface area (Å²) in [5.41, 5.74) is -1.35. The van der Waals surface area contributed by atoms with Crippen molar-refractivity contribution in [3.63, 3.8) is 0 Å². The fraction of sp³-hybridized carbons (Fsp3) is 0.286. The lowest BCUT2D eigenvalue weighted by Crippen LogP contribution is -2.17. The molecular weight excluding hydrogens is 354 g/mol. The fourth-order valence-corrected chi connectivity index (χ4v) is 2.28. The van der Waals surface area contributed by atoms with Crippen LogP contribution in [0.2, 0.25) is 10.0 Å². The molecule has 0 bridgehead atoms. The normalized spacial score (nSPS) is 11.5. The van der Waals surface area contributed by atoms with Crippen LogP contribution in [0.5, 0.6) is 0 Å². The zero-order valence-electron chi connectivity index (χ0n) is 11.8. The third kappa shape index (κ3) is 3.61. The molecule has 1 aromatic carbocycles. The quantitative estimate of drug-likeness (QED) is 0.787. The van der Waals surface area contributed by atoms with E-state index in [1.807, 2.05) is 0 Å². The van der Waals surface area contributed by atoms with E-state index in [2.05, 4.69) is 4.98 Å². The lowest BCUT2D eigenvalue weighted by Gasteiger charge is -2.13. The predicted octanol–water partition coefficient (Wildman–Crippen LogP) is 4.74. The molecule has 0 radical (unpaired) electrons. The van der Waals surface area contributed by atoms with E-state index in [-0.39, 0.29) is 22.2 Å². The van der Waals surface area contributed by atoms with Gasteiger partial charge in [0.2, 0.25) is 5.82 Å². The minimum Gasteiger partial charge on any atom is -0.361 e. The minimum absolute atomic E-state index is 0.0927. The lowest BCUT2D eigenvalue weighted by molar-refractivity contribution is -0.145. The van der Waals surface area contributed by atoms with Crippen LogP contribution in [0.25, 0.3) is 11.3 Å². The smallest absolute Gasteiger partial charge is 0.361 e. The summed E-state index contributed by atoms with van der Waals surface area (Å²) in [5.74, 6) is -0.396. The Labute approximate surface area is 140 Å². The first-order valence-electron chi connectivity index (χ1n) is 6.40. The van der Waals surface area contributed by atoms with Crippen LogP contribution in [-0.4, -0.2) is 16.2 Å². The molecule has 1 heterocycles. The van der Waals surface area contributed by atoms with Gasteiger partial charge in [0.15, 0.2) is 5.69 Å². The summed E-state index contributed by atoms with van der Waals surface area (Å²) in [6.07, 6.45) is -4.72. The van der Waals surface area contributed by atoms with Gasteiger partial charge < -0.3 is 4.74 Å². The Kier molecular flexibility index (Phi) is 5.19. The van der Waals surface area contributed by atoms with E-state index in [1.54, 1.807) is 13.0 Å². The van der Waals surface area contributed by atoms with E-state index in [0.717, 1.165) is 0 Å². The van der Waals surface area contributed by atoms with Gasteiger partial charge in [-0.1, -0.05) is 29.3 Å². The lowest BCUT2D eigenvalue weighted by atomic mass is 10.1. The Balaban J connectivity index is 2.70. The Morgan fingerprint density at radius 3 is 2.52 bits per heavy atom. The molecule has 0 amide bonds. The Bertz CT molecular complexity index is 766. The zero-order chi connectivity index (χ0) is 17.2. The van der Waals surface area contributed by atoms with Crippen LogP contribution in [0.1, 0.15) is 18.4 Å². The number of nitriles is 1. The van der Waals surface area contributed by atoms with Gasteiger partial charge in [-0.05, 0) is 19.1 Å². The molecule has 122 valence electrons. The number of rotatable bonds is 4. The van der Waals surface area contributed by atoms with Crippen molar-refractivity contribution in [2.75, 3.05) is 6.61 Å². The molecule has 0 saturated heterocycles. The third-order valence-electron chi connectivity index (χ3n) is 2.95. The second-order valence-electron chi connectivity index (χ2n) is 4.42. The summed E-state index contributed by atoms with van der Waals surface area (Å²) >= 11 is 11.6. The highest BCUT2D eigenvalue weighted by Crippen LogP contribution is 2.39. The maximum atomic E-state index is 13.5. The monoisotopic (exact) mass is 363 g/mol. The molecule has 0 unspecified atom stereocenters. The summed E-state index contributed by atoms with van der Waals surface area (Å²) < 4.78 is 46.1. The van der Waals surface area contributed by atoms with Gasteiger partial charge >= 0.3 is 6.18 Å². The molecule has 0 fully saturated rings. The number of benzene rings is 1. The molecule has 0 aliphatic carbocycles. The largest absolute Gasteiger partial charge is 0.433 e. The molecule has 0 aliphatic rings. The summed E-state index contributed by atoms with van der Waals surface area (Å²) in [6, 6.07) is 5.64. The van der Waals surface area contributed by atoms with Gasteiger partial charge in [-0.25, -0.2) is 4.98 Å². The van der Waals surface area contributed by atoms with Crippen molar-refractivity contribution >= 4 is 23.2 Å². The molecule has 4 nitrogen and oxygen atoms in total. The van der Waals surface area contributed by atoms with E-state index in [0.29, 0.717) is 4.57 Å². The standard InChI is InChI=1S/C14H10Cl2F3N3O/c1-2-23-7-22-11(6-20)21-12(13(22)14(17,18)19)8-3-4-9(15)10(16)5-8/h3-5H,2,7H2,1H3. The van der Waals surface area contributed by atoms with Crippen molar-refractivity contribution in [2.24, 2.45) is 0 Å². The summed E-state index contributed by atoms with van der Waals surface area (Å²) in [6.45, 7) is 1.40. The first kappa shape index (κ1) is 17.6. The van der Waals surface area contributed by atoms with Gasteiger partial charge in [0.05, 0.1) is 10.0 Å². The van der Waals surface area contributed by atoms with Crippen LogP contribution in [0, 0.1) is 11.3 Å². The topological polar surface area (TPSA) is 50.8 Å². The molecule has 0 aliphatic heterocycles. The van der Waals surface area contributed by atoms with Crippen LogP contribution in [0.15, 0.2) is 18.2 Å². The second kappa shape index (κ2) is 6.79. The maximum Gasteiger partial charge on any atom is 0.433 e. The van der Waals surface area contributed by atoms with Crippen LogP contribution in [0.3, 0.4) is 0 Å². The number of ether oxygens (including phenoxy) is 1. The van der Waals surface area contributed by atoms with E-state index in [9.17, 15) is 13.2 Å². The van der Waals surface area contributed by atoms with Gasteiger partial charge in [0, 0.05) is 12.2 Å². The molecule has 2 rings (SSSR count). The van der Waals surface area contributed by atoms with E-state index in [4.69, 9.17) is 33.2 Å². The van der Waals surface area contributed by atoms with Crippen molar-refractivity contribution in [2.45, 2.75) is 19.8 Å². The summed E-state index contributed by atoms with van der Waals surface area (Å²) in [7, 11) is 0. The van der Waals surface area contributed by atoms with Gasteiger partial charge in [-0.2, -0.15) is 18.4 Å². The molecular formula is C14H10Cl2F3N3O. The van der Waals surface area contributed by atoms with Gasteiger partial charge in [0.25, 0.3) is 0 Å². The second-order valence-corrected chi connectivity index (χ2v) is 5.24. The first-order valence-corrected chi connectivity index (χ1v) is 7.16. The van der Waals surface area contributed by atoms with Gasteiger partial charge in [0.1, 0.15) is 18.5 Å². The van der Waals surface area contributed by atoms with Crippen molar-refractivity contribution in [3.05, 3.63) is 39.8 Å². The maximum absolute atomic E-state index is 13.5. The first-order chi connectivity index (χ1) is 10.8. The number of imidazole rings is 1. The van der Waals surface area contributed by atoms with Crippen LogP contribution in [0.4, 0.5) is 13.2 Å². The average molecular weight is 364 g/mol. The van der Waals surface area contributed by atoms with Crippen molar-refractivity contribution in [1.82, 2.24) is 9.55 Å². The van der Waals surface area contributed by atoms with E-state index < -0.39 is 30.1 Å². The Hall–Kier alpha value is -1.75. The highest BCUT2D eigenvalue weighted by molar-refractivity contribution is 6.42. The number of aromatic nitrogens is 2. The third-order valence-corrected chi connectivity index (χ3v) is 3.69. The zero-order valence-corrected chi connectivity index (χ0v) is 13.3. The summed E-state index contributed by atoms with van der Waals surface area (Å²) in [4.78, 5) is 3.79. The van der Waals surface area contributed by atoms with Gasteiger partial charge in [-0.15, -0.1) is 0 Å². The molecule has 0 atom stereocenters. The number of nitrogens with zero attached hydrogens (tertiary/aromatic N) is 3.